The van der Waals surface area contributed by atoms with Gasteiger partial charge in [-0.1, -0.05) is 66.2 Å². The first-order valence-electron chi connectivity index (χ1n) is 11.1. The Morgan fingerprint density at radius 2 is 1.64 bits per heavy atom. The van der Waals surface area contributed by atoms with Crippen LogP contribution in [-0.4, -0.2) is 35.8 Å². The maximum absolute atomic E-state index is 5.41. The van der Waals surface area contributed by atoms with Gasteiger partial charge in [-0.3, -0.25) is 0 Å². The van der Waals surface area contributed by atoms with E-state index in [4.69, 9.17) is 19.7 Å². The van der Waals surface area contributed by atoms with Gasteiger partial charge >= 0.3 is 0 Å². The van der Waals surface area contributed by atoms with Gasteiger partial charge in [-0.15, -0.1) is 0 Å². The summed E-state index contributed by atoms with van der Waals surface area (Å²) < 4.78 is 10.7. The van der Waals surface area contributed by atoms with Crippen LogP contribution in [0.15, 0.2) is 72.8 Å². The Morgan fingerprint density at radius 1 is 0.818 bits per heavy atom. The molecule has 0 amide bonds. The van der Waals surface area contributed by atoms with Gasteiger partial charge in [0.1, 0.15) is 11.4 Å². The SMILES string of the molecule is COc1ccc(CCNCc2nn(Cc3cccc(C)c3)nc2-c2ccccc2)cc1OC. The van der Waals surface area contributed by atoms with Crippen LogP contribution in [-0.2, 0) is 19.5 Å². The van der Waals surface area contributed by atoms with E-state index in [1.165, 1.54) is 16.7 Å². The van der Waals surface area contributed by atoms with Gasteiger partial charge in [0.15, 0.2) is 11.5 Å². The highest BCUT2D eigenvalue weighted by molar-refractivity contribution is 5.60. The molecule has 1 N–H and O–H groups in total. The van der Waals surface area contributed by atoms with E-state index in [0.29, 0.717) is 13.1 Å². The molecule has 0 fully saturated rings. The average Bonchev–Trinajstić information content (AvgIpc) is 3.24. The number of nitrogens with zero attached hydrogens (tertiary/aromatic N) is 3. The van der Waals surface area contributed by atoms with E-state index in [-0.39, 0.29) is 0 Å². The summed E-state index contributed by atoms with van der Waals surface area (Å²) in [6.45, 7) is 4.20. The lowest BCUT2D eigenvalue weighted by molar-refractivity contribution is 0.354. The normalized spacial score (nSPS) is 10.9. The second-order valence-corrected chi connectivity index (χ2v) is 8.00. The van der Waals surface area contributed by atoms with Crippen molar-refractivity contribution < 1.29 is 9.47 Å². The van der Waals surface area contributed by atoms with E-state index in [1.54, 1.807) is 19.0 Å². The average molecular weight is 443 g/mol. The highest BCUT2D eigenvalue weighted by Crippen LogP contribution is 2.27. The molecule has 0 aliphatic carbocycles. The molecule has 0 saturated carbocycles. The molecule has 3 aromatic carbocycles. The van der Waals surface area contributed by atoms with Gasteiger partial charge in [0.25, 0.3) is 0 Å². The summed E-state index contributed by atoms with van der Waals surface area (Å²) in [5.74, 6) is 1.49. The van der Waals surface area contributed by atoms with Gasteiger partial charge < -0.3 is 14.8 Å². The van der Waals surface area contributed by atoms with Gasteiger partial charge in [0.05, 0.1) is 20.8 Å². The zero-order chi connectivity index (χ0) is 23.0. The van der Waals surface area contributed by atoms with Crippen LogP contribution in [0.2, 0.25) is 0 Å². The molecule has 0 radical (unpaired) electrons. The summed E-state index contributed by atoms with van der Waals surface area (Å²) in [5.41, 5.74) is 6.55. The molecule has 0 aliphatic rings. The number of benzene rings is 3. The number of aromatic nitrogens is 3. The molecular weight excluding hydrogens is 412 g/mol. The Hall–Kier alpha value is -3.64. The Labute approximate surface area is 195 Å². The molecule has 0 spiro atoms. The van der Waals surface area contributed by atoms with Crippen LogP contribution in [0.1, 0.15) is 22.4 Å². The third-order valence-corrected chi connectivity index (χ3v) is 5.51. The Balaban J connectivity index is 1.45. The van der Waals surface area contributed by atoms with Crippen molar-refractivity contribution in [1.82, 2.24) is 20.3 Å². The molecule has 33 heavy (non-hydrogen) atoms. The quantitative estimate of drug-likeness (QED) is 0.362. The number of rotatable bonds is 10. The molecule has 0 unspecified atom stereocenters. The van der Waals surface area contributed by atoms with E-state index in [0.717, 1.165) is 41.4 Å². The fourth-order valence-electron chi connectivity index (χ4n) is 3.84. The Bertz CT molecular complexity index is 1190. The number of aryl methyl sites for hydroxylation is 1. The predicted molar refractivity (Wildman–Crippen MR) is 131 cm³/mol. The van der Waals surface area contributed by atoms with Crippen LogP contribution >= 0.6 is 0 Å². The van der Waals surface area contributed by atoms with Crippen LogP contribution in [0.3, 0.4) is 0 Å². The summed E-state index contributed by atoms with van der Waals surface area (Å²) in [4.78, 5) is 1.79. The molecule has 0 atom stereocenters. The maximum atomic E-state index is 5.41. The number of nitrogens with one attached hydrogen (secondary N) is 1. The smallest absolute Gasteiger partial charge is 0.160 e. The molecule has 1 aromatic heterocycles. The van der Waals surface area contributed by atoms with Crippen molar-refractivity contribution in [2.45, 2.75) is 26.4 Å². The van der Waals surface area contributed by atoms with Crippen molar-refractivity contribution in [2.75, 3.05) is 20.8 Å². The Morgan fingerprint density at radius 3 is 2.39 bits per heavy atom. The number of hydrogen-bond donors (Lipinski definition) is 1. The van der Waals surface area contributed by atoms with Crippen molar-refractivity contribution in [1.29, 1.82) is 0 Å². The van der Waals surface area contributed by atoms with E-state index in [2.05, 4.69) is 54.7 Å². The molecule has 1 heterocycles. The topological polar surface area (TPSA) is 61.2 Å². The fraction of sp³-hybridized carbons (Fsp3) is 0.259. The molecule has 6 nitrogen and oxygen atoms in total. The minimum absolute atomic E-state index is 0.644. The van der Waals surface area contributed by atoms with Crippen molar-refractivity contribution >= 4 is 0 Å². The van der Waals surface area contributed by atoms with Crippen molar-refractivity contribution in [2.24, 2.45) is 0 Å². The summed E-state index contributed by atoms with van der Waals surface area (Å²) >= 11 is 0. The summed E-state index contributed by atoms with van der Waals surface area (Å²) in [5, 5.41) is 13.2. The lowest BCUT2D eigenvalue weighted by atomic mass is 10.1. The van der Waals surface area contributed by atoms with Gasteiger partial charge in [-0.05, 0) is 43.1 Å². The van der Waals surface area contributed by atoms with Gasteiger partial charge in [-0.25, -0.2) is 0 Å². The fourth-order valence-corrected chi connectivity index (χ4v) is 3.84. The summed E-state index contributed by atoms with van der Waals surface area (Å²) in [6.07, 6.45) is 0.873. The van der Waals surface area contributed by atoms with Crippen LogP contribution in [0, 0.1) is 6.92 Å². The van der Waals surface area contributed by atoms with Crippen LogP contribution in [0.25, 0.3) is 11.3 Å². The first-order chi connectivity index (χ1) is 16.2. The summed E-state index contributed by atoms with van der Waals surface area (Å²) in [7, 11) is 3.31. The maximum Gasteiger partial charge on any atom is 0.160 e. The number of methoxy groups -OCH3 is 2. The zero-order valence-electron chi connectivity index (χ0n) is 19.4. The van der Waals surface area contributed by atoms with Crippen molar-refractivity contribution in [3.8, 4) is 22.8 Å². The molecule has 0 aliphatic heterocycles. The second-order valence-electron chi connectivity index (χ2n) is 8.00. The van der Waals surface area contributed by atoms with E-state index in [9.17, 15) is 0 Å². The molecule has 0 bridgehead atoms. The van der Waals surface area contributed by atoms with Crippen molar-refractivity contribution in [3.05, 3.63) is 95.2 Å². The standard InChI is InChI=1S/C27H30N4O2/c1-20-8-7-9-22(16-20)19-31-29-24(27(30-31)23-10-5-4-6-11-23)18-28-15-14-21-12-13-25(32-2)26(17-21)33-3/h4-13,16-17,28H,14-15,18-19H2,1-3H3. The van der Waals surface area contributed by atoms with Crippen LogP contribution in [0.5, 0.6) is 11.5 Å². The molecule has 170 valence electrons. The number of hydrogen-bond acceptors (Lipinski definition) is 5. The van der Waals surface area contributed by atoms with E-state index in [1.807, 2.05) is 30.3 Å². The Kier molecular flexibility index (Phi) is 7.37. The second kappa shape index (κ2) is 10.8. The minimum atomic E-state index is 0.644. The van der Waals surface area contributed by atoms with Crippen LogP contribution in [0.4, 0.5) is 0 Å². The molecule has 4 rings (SSSR count). The van der Waals surface area contributed by atoms with Gasteiger partial charge in [-0.2, -0.15) is 15.0 Å². The number of ether oxygens (including phenoxy) is 2. The van der Waals surface area contributed by atoms with E-state index >= 15 is 0 Å². The van der Waals surface area contributed by atoms with Gasteiger partial charge in [0.2, 0.25) is 0 Å². The van der Waals surface area contributed by atoms with Gasteiger partial charge in [0, 0.05) is 12.1 Å². The van der Waals surface area contributed by atoms with Crippen molar-refractivity contribution in [3.63, 3.8) is 0 Å². The third kappa shape index (κ3) is 5.79. The lowest BCUT2D eigenvalue weighted by Crippen LogP contribution is -2.17. The molecular formula is C27H30N4O2. The highest BCUT2D eigenvalue weighted by Gasteiger charge is 2.13. The molecule has 4 aromatic rings. The minimum Gasteiger partial charge on any atom is -0.493 e. The summed E-state index contributed by atoms with van der Waals surface area (Å²) in [6, 6.07) is 24.7. The molecule has 6 heteroatoms. The first-order valence-corrected chi connectivity index (χ1v) is 11.1. The molecule has 0 saturated heterocycles. The lowest BCUT2D eigenvalue weighted by Gasteiger charge is -2.10. The monoisotopic (exact) mass is 442 g/mol. The first kappa shape index (κ1) is 22.6. The zero-order valence-corrected chi connectivity index (χ0v) is 19.4. The highest BCUT2D eigenvalue weighted by atomic mass is 16.5. The largest absolute Gasteiger partial charge is 0.493 e. The van der Waals surface area contributed by atoms with E-state index < -0.39 is 0 Å². The predicted octanol–water partition coefficient (Wildman–Crippen LogP) is 4.65. The van der Waals surface area contributed by atoms with Crippen LogP contribution < -0.4 is 14.8 Å². The third-order valence-electron chi connectivity index (χ3n) is 5.51.